The Morgan fingerprint density at radius 1 is 0.824 bits per heavy atom. The van der Waals surface area contributed by atoms with E-state index in [-0.39, 0.29) is 35.6 Å². The summed E-state index contributed by atoms with van der Waals surface area (Å²) in [7, 11) is 0. The van der Waals surface area contributed by atoms with E-state index in [2.05, 4.69) is 30.9 Å². The van der Waals surface area contributed by atoms with Crippen LogP contribution < -0.4 is 4.90 Å². The highest BCUT2D eigenvalue weighted by Gasteiger charge is 2.65. The summed E-state index contributed by atoms with van der Waals surface area (Å²) in [6, 6.07) is 8.11. The van der Waals surface area contributed by atoms with Gasteiger partial charge in [-0.25, -0.2) is 0 Å². The van der Waals surface area contributed by atoms with Crippen LogP contribution >= 0.6 is 0 Å². The van der Waals surface area contributed by atoms with Gasteiger partial charge in [0, 0.05) is 50.0 Å². The van der Waals surface area contributed by atoms with Crippen LogP contribution in [0.2, 0.25) is 0 Å². The van der Waals surface area contributed by atoms with Crippen molar-refractivity contribution >= 4 is 23.0 Å². The monoisotopic (exact) mass is 465 g/mol. The molecule has 5 nitrogen and oxygen atoms in total. The van der Waals surface area contributed by atoms with Gasteiger partial charge >= 0.3 is 0 Å². The van der Waals surface area contributed by atoms with E-state index < -0.39 is 16.9 Å². The first-order chi connectivity index (χ1) is 15.9. The van der Waals surface area contributed by atoms with Crippen molar-refractivity contribution < 1.29 is 19.1 Å². The summed E-state index contributed by atoms with van der Waals surface area (Å²) in [6.45, 7) is 14.3. The lowest BCUT2D eigenvalue weighted by molar-refractivity contribution is -0.160. The number of carbonyl (C=O) groups excluding carboxylic acids is 3. The highest BCUT2D eigenvalue weighted by molar-refractivity contribution is 6.17. The number of nitrogens with zero attached hydrogens (tertiary/aromatic N) is 1. The Labute approximate surface area is 203 Å². The smallest absolute Gasteiger partial charge is 0.234 e. The predicted octanol–water partition coefficient (Wildman–Crippen LogP) is 5.77. The van der Waals surface area contributed by atoms with Crippen molar-refractivity contribution in [3.63, 3.8) is 0 Å². The van der Waals surface area contributed by atoms with Crippen molar-refractivity contribution in [1.29, 1.82) is 0 Å². The van der Waals surface area contributed by atoms with E-state index in [1.54, 1.807) is 0 Å². The molecule has 1 aliphatic heterocycles. The molecule has 0 bridgehead atoms. The fourth-order valence-electron chi connectivity index (χ4n) is 6.12. The number of ether oxygens (including phenoxy) is 1. The first kappa shape index (κ1) is 24.7. The second kappa shape index (κ2) is 8.66. The molecule has 184 valence electrons. The third-order valence-electron chi connectivity index (χ3n) is 7.54. The molecule has 1 aromatic rings. The number of rotatable bonds is 6. The van der Waals surface area contributed by atoms with Gasteiger partial charge in [-0.2, -0.15) is 0 Å². The summed E-state index contributed by atoms with van der Waals surface area (Å²) in [5.74, 6) is -0.499. The van der Waals surface area contributed by atoms with Crippen molar-refractivity contribution in [2.45, 2.75) is 91.6 Å². The average Bonchev–Trinajstić information content (AvgIpc) is 3.07. The number of Topliss-reactive ketones (excluding diaryl/α,β-unsaturated/α-hetero) is 3. The summed E-state index contributed by atoms with van der Waals surface area (Å²) in [5, 5.41) is 0. The Morgan fingerprint density at radius 3 is 1.88 bits per heavy atom. The van der Waals surface area contributed by atoms with Crippen LogP contribution in [-0.2, 0) is 19.1 Å². The van der Waals surface area contributed by atoms with Crippen LogP contribution in [0, 0.1) is 10.8 Å². The molecule has 0 N–H and O–H groups in total. The molecule has 2 aliphatic carbocycles. The van der Waals surface area contributed by atoms with Crippen molar-refractivity contribution in [2.75, 3.05) is 18.0 Å². The van der Waals surface area contributed by atoms with E-state index in [4.69, 9.17) is 4.74 Å². The van der Waals surface area contributed by atoms with E-state index in [0.29, 0.717) is 24.2 Å². The van der Waals surface area contributed by atoms with E-state index in [1.165, 1.54) is 0 Å². The minimum atomic E-state index is -1.61. The molecule has 1 aromatic carbocycles. The Kier molecular flexibility index (Phi) is 6.28. The lowest BCUT2D eigenvalue weighted by atomic mass is 9.61. The van der Waals surface area contributed by atoms with Gasteiger partial charge in [0.05, 0.1) is 5.92 Å². The molecule has 4 rings (SSSR count). The highest BCUT2D eigenvalue weighted by Crippen LogP contribution is 2.57. The number of benzene rings is 1. The lowest BCUT2D eigenvalue weighted by Crippen LogP contribution is -2.57. The Bertz CT molecular complexity index is 1000. The van der Waals surface area contributed by atoms with Crippen LogP contribution in [0.5, 0.6) is 0 Å². The minimum Gasteiger partial charge on any atom is -0.474 e. The van der Waals surface area contributed by atoms with Crippen molar-refractivity contribution in [2.24, 2.45) is 10.8 Å². The summed E-state index contributed by atoms with van der Waals surface area (Å²) >= 11 is 0. The molecule has 1 saturated carbocycles. The number of hydrogen-bond acceptors (Lipinski definition) is 5. The molecule has 5 heteroatoms. The maximum atomic E-state index is 13.7. The number of hydrogen-bond donors (Lipinski definition) is 0. The molecule has 0 amide bonds. The first-order valence-corrected chi connectivity index (χ1v) is 12.8. The van der Waals surface area contributed by atoms with Crippen molar-refractivity contribution in [3.05, 3.63) is 41.2 Å². The minimum absolute atomic E-state index is 0.00114. The second-order valence-electron chi connectivity index (χ2n) is 12.0. The highest BCUT2D eigenvalue weighted by atomic mass is 16.5. The largest absolute Gasteiger partial charge is 0.474 e. The molecule has 0 unspecified atom stereocenters. The molecule has 0 aromatic heterocycles. The quantitative estimate of drug-likeness (QED) is 0.499. The van der Waals surface area contributed by atoms with Crippen LogP contribution in [0.1, 0.15) is 91.5 Å². The number of carbonyl (C=O) groups is 3. The zero-order valence-corrected chi connectivity index (χ0v) is 21.6. The number of allylic oxidation sites excluding steroid dienone is 1. The topological polar surface area (TPSA) is 63.7 Å². The maximum Gasteiger partial charge on any atom is 0.234 e. The van der Waals surface area contributed by atoms with E-state index in [0.717, 1.165) is 37.2 Å². The Hall–Kier alpha value is -2.43. The molecule has 0 saturated heterocycles. The lowest BCUT2D eigenvalue weighted by Gasteiger charge is -2.41. The second-order valence-corrected chi connectivity index (χ2v) is 12.0. The number of anilines is 1. The third-order valence-corrected chi connectivity index (χ3v) is 7.54. The van der Waals surface area contributed by atoms with E-state index in [9.17, 15) is 14.4 Å². The summed E-state index contributed by atoms with van der Waals surface area (Å²) in [4.78, 5) is 43.2. The fourth-order valence-corrected chi connectivity index (χ4v) is 6.12. The third kappa shape index (κ3) is 4.12. The summed E-state index contributed by atoms with van der Waals surface area (Å²) in [5.41, 5.74) is 0.225. The average molecular weight is 466 g/mol. The fraction of sp³-hybridized carbons (Fsp3) is 0.621. The van der Waals surface area contributed by atoms with Gasteiger partial charge in [0.25, 0.3) is 0 Å². The van der Waals surface area contributed by atoms with Gasteiger partial charge in [0.2, 0.25) is 5.60 Å². The SMILES string of the molecule is CCCN(CCC)c1ccc([C@@H]2C3=C(CC(C)(C)CC3=O)OC23C(=O)CC(C)(C)CC3=O)cc1. The van der Waals surface area contributed by atoms with Gasteiger partial charge in [-0.15, -0.1) is 0 Å². The van der Waals surface area contributed by atoms with Crippen LogP contribution in [0.15, 0.2) is 35.6 Å². The molecule has 1 spiro atoms. The van der Waals surface area contributed by atoms with E-state index in [1.807, 2.05) is 39.8 Å². The molecule has 1 atom stereocenters. The van der Waals surface area contributed by atoms with Gasteiger partial charge in [-0.05, 0) is 41.4 Å². The first-order valence-electron chi connectivity index (χ1n) is 12.8. The number of ketones is 3. The molecule has 0 radical (unpaired) electrons. The molecule has 3 aliphatic rings. The normalized spacial score (nSPS) is 24.9. The zero-order valence-electron chi connectivity index (χ0n) is 21.6. The molecule has 1 fully saturated rings. The van der Waals surface area contributed by atoms with Gasteiger partial charge in [-0.1, -0.05) is 53.7 Å². The van der Waals surface area contributed by atoms with Gasteiger partial charge in [0.1, 0.15) is 5.76 Å². The molecule has 34 heavy (non-hydrogen) atoms. The van der Waals surface area contributed by atoms with Crippen LogP contribution in [0.4, 0.5) is 5.69 Å². The molecular weight excluding hydrogens is 426 g/mol. The summed E-state index contributed by atoms with van der Waals surface area (Å²) < 4.78 is 6.39. The standard InChI is InChI=1S/C29H39NO4/c1-7-13-30(14-8-2)20-11-9-19(10-12-20)26-25-21(31)15-27(3,4)16-22(25)34-29(26)23(32)17-28(5,6)18-24(29)33/h9-12,26H,7-8,13-18H2,1-6H3/t26-/m1/s1. The van der Waals surface area contributed by atoms with E-state index >= 15 is 0 Å². The van der Waals surface area contributed by atoms with Crippen LogP contribution in [-0.4, -0.2) is 36.0 Å². The van der Waals surface area contributed by atoms with Gasteiger partial charge in [0.15, 0.2) is 17.3 Å². The molecule has 1 heterocycles. The predicted molar refractivity (Wildman–Crippen MR) is 134 cm³/mol. The van der Waals surface area contributed by atoms with Crippen molar-refractivity contribution in [1.82, 2.24) is 0 Å². The Morgan fingerprint density at radius 2 is 1.35 bits per heavy atom. The van der Waals surface area contributed by atoms with Gasteiger partial charge in [-0.3, -0.25) is 14.4 Å². The maximum absolute atomic E-state index is 13.7. The summed E-state index contributed by atoms with van der Waals surface area (Å²) in [6.07, 6.45) is 3.61. The molecular formula is C29H39NO4. The van der Waals surface area contributed by atoms with Crippen molar-refractivity contribution in [3.8, 4) is 0 Å². The zero-order chi connectivity index (χ0) is 24.9. The van der Waals surface area contributed by atoms with Gasteiger partial charge < -0.3 is 9.64 Å². The Balaban J connectivity index is 1.81. The van der Waals surface area contributed by atoms with Crippen LogP contribution in [0.25, 0.3) is 0 Å². The van der Waals surface area contributed by atoms with Crippen LogP contribution in [0.3, 0.4) is 0 Å².